The van der Waals surface area contributed by atoms with Gasteiger partial charge >= 0.3 is 0 Å². The third kappa shape index (κ3) is 3.69. The second kappa shape index (κ2) is 8.08. The molecule has 3 heterocycles. The van der Waals surface area contributed by atoms with E-state index < -0.39 is 5.56 Å². The van der Waals surface area contributed by atoms with Crippen LogP contribution in [-0.2, 0) is 0 Å². The molecule has 1 fully saturated rings. The predicted molar refractivity (Wildman–Crippen MR) is 118 cm³/mol. The van der Waals surface area contributed by atoms with Crippen molar-refractivity contribution in [1.82, 2.24) is 20.1 Å². The molecule has 30 heavy (non-hydrogen) atoms. The first-order chi connectivity index (χ1) is 14.5. The maximum Gasteiger partial charge on any atom is 0.272 e. The topological polar surface area (TPSA) is 120 Å². The monoisotopic (exact) mass is 404 g/mol. The van der Waals surface area contributed by atoms with Crippen LogP contribution >= 0.6 is 0 Å². The lowest BCUT2D eigenvalue weighted by Gasteiger charge is -2.37. The van der Waals surface area contributed by atoms with Crippen molar-refractivity contribution in [1.29, 1.82) is 0 Å². The Balaban J connectivity index is 1.60. The molecule has 1 aliphatic heterocycles. The van der Waals surface area contributed by atoms with Crippen LogP contribution in [0, 0.1) is 0 Å². The van der Waals surface area contributed by atoms with Crippen LogP contribution < -0.4 is 11.3 Å². The molecule has 2 aromatic heterocycles. The number of aromatic amines is 1. The first-order valence-electron chi connectivity index (χ1n) is 9.84. The molecular weight excluding hydrogens is 380 g/mol. The van der Waals surface area contributed by atoms with Crippen molar-refractivity contribution >= 4 is 11.9 Å². The fourth-order valence-electron chi connectivity index (χ4n) is 3.63. The lowest BCUT2D eigenvalue weighted by Crippen LogP contribution is -2.44. The maximum atomic E-state index is 12.1. The van der Waals surface area contributed by atoms with E-state index in [0.29, 0.717) is 34.0 Å². The van der Waals surface area contributed by atoms with Crippen molar-refractivity contribution in [2.75, 3.05) is 32.4 Å². The fraction of sp³-hybridized carbons (Fsp3) is 0.273. The average molecular weight is 404 g/mol. The van der Waals surface area contributed by atoms with Gasteiger partial charge in [-0.25, -0.2) is 0 Å². The van der Waals surface area contributed by atoms with E-state index in [4.69, 9.17) is 5.73 Å². The van der Waals surface area contributed by atoms with Crippen LogP contribution in [0.1, 0.15) is 24.1 Å². The standard InChI is InChI=1S/C22H24N6O2/c1-3-28-11-15(12-28)17-6-7-18(27-26-17)16-5-4-13(9-20(16)29)19-8-14(10-24-2)21(23)22(30)25-19/h4-10,15,29H,3,11-12,23H2,1-2H3,(H,25,30). The van der Waals surface area contributed by atoms with E-state index in [1.807, 2.05) is 18.2 Å². The van der Waals surface area contributed by atoms with Crippen LogP contribution in [0.2, 0.25) is 0 Å². The minimum atomic E-state index is -0.398. The molecule has 4 rings (SSSR count). The highest BCUT2D eigenvalue weighted by Gasteiger charge is 2.28. The summed E-state index contributed by atoms with van der Waals surface area (Å²) < 4.78 is 0. The fourth-order valence-corrected chi connectivity index (χ4v) is 3.63. The Morgan fingerprint density at radius 1 is 1.27 bits per heavy atom. The molecule has 1 aliphatic rings. The molecule has 0 spiro atoms. The number of nitrogens with two attached hydrogens (primary N) is 1. The lowest BCUT2D eigenvalue weighted by molar-refractivity contribution is 0.154. The lowest BCUT2D eigenvalue weighted by atomic mass is 9.96. The summed E-state index contributed by atoms with van der Waals surface area (Å²) >= 11 is 0. The molecular formula is C22H24N6O2. The third-order valence-electron chi connectivity index (χ3n) is 5.46. The molecule has 0 bridgehead atoms. The predicted octanol–water partition coefficient (Wildman–Crippen LogP) is 2.25. The van der Waals surface area contributed by atoms with Gasteiger partial charge in [0.15, 0.2) is 0 Å². The number of phenols is 1. The summed E-state index contributed by atoms with van der Waals surface area (Å²) in [4.78, 5) is 21.1. The number of H-pyrrole nitrogens is 1. The van der Waals surface area contributed by atoms with E-state index in [9.17, 15) is 9.90 Å². The maximum absolute atomic E-state index is 12.1. The van der Waals surface area contributed by atoms with Crippen molar-refractivity contribution in [2.45, 2.75) is 12.8 Å². The molecule has 4 N–H and O–H groups in total. The second-order valence-electron chi connectivity index (χ2n) is 7.39. The van der Waals surface area contributed by atoms with Crippen LogP contribution in [0.25, 0.3) is 22.5 Å². The Labute approximate surface area is 174 Å². The molecule has 0 aliphatic carbocycles. The van der Waals surface area contributed by atoms with Crippen LogP contribution in [0.3, 0.4) is 0 Å². The van der Waals surface area contributed by atoms with Gasteiger partial charge in [0.25, 0.3) is 5.56 Å². The number of nitrogen functional groups attached to an aromatic ring is 1. The molecule has 8 heteroatoms. The van der Waals surface area contributed by atoms with Crippen LogP contribution in [0.5, 0.6) is 5.75 Å². The number of anilines is 1. The molecule has 0 amide bonds. The van der Waals surface area contributed by atoms with Crippen molar-refractivity contribution < 1.29 is 5.11 Å². The molecule has 154 valence electrons. The van der Waals surface area contributed by atoms with Gasteiger partial charge in [0.2, 0.25) is 0 Å². The number of likely N-dealkylation sites (N-methyl/N-ethyl adjacent to an activating group) is 1. The number of aromatic hydroxyl groups is 1. The van der Waals surface area contributed by atoms with Crippen molar-refractivity contribution in [3.8, 4) is 28.3 Å². The normalized spacial score (nSPS) is 14.9. The van der Waals surface area contributed by atoms with Crippen molar-refractivity contribution in [2.24, 2.45) is 4.99 Å². The summed E-state index contributed by atoms with van der Waals surface area (Å²) in [7, 11) is 1.61. The first kappa shape index (κ1) is 19.8. The smallest absolute Gasteiger partial charge is 0.272 e. The van der Waals surface area contributed by atoms with Crippen molar-refractivity contribution in [3.05, 3.63) is 58.0 Å². The van der Waals surface area contributed by atoms with Gasteiger partial charge in [-0.1, -0.05) is 13.0 Å². The number of phenolic OH excluding ortho intramolecular Hbond substituents is 1. The van der Waals surface area contributed by atoms with E-state index >= 15 is 0 Å². The van der Waals surface area contributed by atoms with Crippen LogP contribution in [0.15, 0.2) is 46.2 Å². The summed E-state index contributed by atoms with van der Waals surface area (Å²) in [6.45, 7) is 5.22. The van der Waals surface area contributed by atoms with Gasteiger partial charge in [0.1, 0.15) is 11.4 Å². The highest BCUT2D eigenvalue weighted by atomic mass is 16.3. The summed E-state index contributed by atoms with van der Waals surface area (Å²) in [5.41, 5.74) is 9.38. The summed E-state index contributed by atoms with van der Waals surface area (Å²) in [6, 6.07) is 10.7. The number of benzene rings is 1. The van der Waals surface area contributed by atoms with E-state index in [0.717, 1.165) is 25.3 Å². The van der Waals surface area contributed by atoms with E-state index in [-0.39, 0.29) is 11.4 Å². The zero-order chi connectivity index (χ0) is 21.3. The number of nitrogens with one attached hydrogen (secondary N) is 1. The first-order valence-corrected chi connectivity index (χ1v) is 9.84. The van der Waals surface area contributed by atoms with Gasteiger partial charge in [0, 0.05) is 54.7 Å². The summed E-state index contributed by atoms with van der Waals surface area (Å²) in [5.74, 6) is 0.476. The highest BCUT2D eigenvalue weighted by molar-refractivity contribution is 5.88. The Morgan fingerprint density at radius 3 is 2.70 bits per heavy atom. The summed E-state index contributed by atoms with van der Waals surface area (Å²) in [6.07, 6.45) is 1.53. The Kier molecular flexibility index (Phi) is 5.33. The highest BCUT2D eigenvalue weighted by Crippen LogP contribution is 2.33. The third-order valence-corrected chi connectivity index (χ3v) is 5.46. The number of likely N-dealkylation sites (tertiary alicyclic amines) is 1. The zero-order valence-electron chi connectivity index (χ0n) is 17.0. The molecule has 0 unspecified atom stereocenters. The second-order valence-corrected chi connectivity index (χ2v) is 7.39. The average Bonchev–Trinajstić information content (AvgIpc) is 2.71. The van der Waals surface area contributed by atoms with Crippen LogP contribution in [0.4, 0.5) is 5.69 Å². The molecule has 8 nitrogen and oxygen atoms in total. The van der Waals surface area contributed by atoms with Gasteiger partial charge in [-0.3, -0.25) is 9.79 Å². The summed E-state index contributed by atoms with van der Waals surface area (Å²) in [5, 5.41) is 19.3. The van der Waals surface area contributed by atoms with E-state index in [2.05, 4.69) is 32.0 Å². The number of rotatable bonds is 5. The number of pyridine rings is 1. The van der Waals surface area contributed by atoms with Gasteiger partial charge in [0.05, 0.1) is 11.4 Å². The number of aliphatic imine (C=N–C) groups is 1. The molecule has 0 radical (unpaired) electrons. The molecule has 0 saturated carbocycles. The van der Waals surface area contributed by atoms with Gasteiger partial charge in [-0.2, -0.15) is 10.2 Å². The van der Waals surface area contributed by atoms with Crippen molar-refractivity contribution in [3.63, 3.8) is 0 Å². The number of hydrogen-bond acceptors (Lipinski definition) is 7. The SMILES string of the molecule is CCN1CC(c2ccc(-c3ccc(-c4cc(C=NC)c(N)c(=O)[nH]4)cc3O)nn2)C1. The Morgan fingerprint density at radius 2 is 2.07 bits per heavy atom. The van der Waals surface area contributed by atoms with Gasteiger partial charge in [-0.15, -0.1) is 0 Å². The molecule has 1 aromatic carbocycles. The Bertz CT molecular complexity index is 1150. The van der Waals surface area contributed by atoms with Gasteiger partial charge < -0.3 is 20.7 Å². The molecule has 3 aromatic rings. The largest absolute Gasteiger partial charge is 0.507 e. The number of aromatic nitrogens is 3. The van der Waals surface area contributed by atoms with Gasteiger partial charge in [-0.05, 0) is 36.9 Å². The molecule has 1 saturated heterocycles. The number of hydrogen-bond donors (Lipinski definition) is 3. The van der Waals surface area contributed by atoms with Crippen LogP contribution in [-0.4, -0.2) is 58.1 Å². The zero-order valence-corrected chi connectivity index (χ0v) is 17.0. The quantitative estimate of drug-likeness (QED) is 0.561. The van der Waals surface area contributed by atoms with E-state index in [1.165, 1.54) is 6.21 Å². The Hall–Kier alpha value is -3.52. The number of nitrogens with zero attached hydrogens (tertiary/aromatic N) is 4. The minimum absolute atomic E-state index is 0.0544. The van der Waals surface area contributed by atoms with E-state index in [1.54, 1.807) is 25.2 Å². The molecule has 0 atom stereocenters. The minimum Gasteiger partial charge on any atom is -0.507 e.